The molecule has 0 aliphatic heterocycles. The highest BCUT2D eigenvalue weighted by molar-refractivity contribution is 7.98. The Hall–Kier alpha value is -1.91. The summed E-state index contributed by atoms with van der Waals surface area (Å²) in [6.07, 6.45) is 0. The van der Waals surface area contributed by atoms with Crippen LogP contribution < -0.4 is 0 Å². The average Bonchev–Trinajstić information content (AvgIpc) is 3.18. The van der Waals surface area contributed by atoms with Crippen LogP contribution in [-0.2, 0) is 15.8 Å². The number of aromatic nitrogens is 3. The Labute approximate surface area is 149 Å². The molecule has 0 spiro atoms. The number of sulfonamides is 1. The van der Waals surface area contributed by atoms with E-state index in [2.05, 4.69) is 15.1 Å². The SMILES string of the molecule is CC(C)c1nc(CSc2nc3cc(S(=O)(=O)N(C)C)ccc3o2)no1. The van der Waals surface area contributed by atoms with Gasteiger partial charge in [-0.2, -0.15) is 4.98 Å². The molecule has 25 heavy (non-hydrogen) atoms. The molecule has 10 heteroatoms. The summed E-state index contributed by atoms with van der Waals surface area (Å²) >= 11 is 1.32. The molecule has 1 aromatic carbocycles. The maximum Gasteiger partial charge on any atom is 0.257 e. The zero-order chi connectivity index (χ0) is 18.2. The van der Waals surface area contributed by atoms with E-state index < -0.39 is 10.0 Å². The molecule has 0 fully saturated rings. The Kier molecular flexibility index (Phi) is 4.85. The van der Waals surface area contributed by atoms with Crippen molar-refractivity contribution in [3.63, 3.8) is 0 Å². The lowest BCUT2D eigenvalue weighted by molar-refractivity contribution is 0.362. The highest BCUT2D eigenvalue weighted by Gasteiger charge is 2.19. The third kappa shape index (κ3) is 3.70. The Bertz CT molecular complexity index is 992. The minimum absolute atomic E-state index is 0.174. The number of fused-ring (bicyclic) bond motifs is 1. The minimum atomic E-state index is -3.51. The fourth-order valence-corrected chi connectivity index (χ4v) is 3.61. The molecule has 0 unspecified atom stereocenters. The van der Waals surface area contributed by atoms with Gasteiger partial charge in [-0.05, 0) is 18.2 Å². The first kappa shape index (κ1) is 17.9. The van der Waals surface area contributed by atoms with E-state index in [-0.39, 0.29) is 10.8 Å². The predicted molar refractivity (Wildman–Crippen MR) is 92.8 cm³/mol. The van der Waals surface area contributed by atoms with Gasteiger partial charge in [-0.25, -0.2) is 17.7 Å². The number of rotatable bonds is 6. The summed E-state index contributed by atoms with van der Waals surface area (Å²) in [6, 6.07) is 4.61. The van der Waals surface area contributed by atoms with Crippen LogP contribution in [0.5, 0.6) is 0 Å². The zero-order valence-electron chi connectivity index (χ0n) is 14.3. The Balaban J connectivity index is 1.79. The number of thioether (sulfide) groups is 1. The van der Waals surface area contributed by atoms with Crippen molar-refractivity contribution in [3.8, 4) is 0 Å². The summed E-state index contributed by atoms with van der Waals surface area (Å²) in [6.45, 7) is 3.95. The van der Waals surface area contributed by atoms with E-state index in [1.165, 1.54) is 38.0 Å². The first-order valence-electron chi connectivity index (χ1n) is 7.56. The summed E-state index contributed by atoms with van der Waals surface area (Å²) < 4.78 is 36.3. The topological polar surface area (TPSA) is 102 Å². The third-order valence-electron chi connectivity index (χ3n) is 3.42. The van der Waals surface area contributed by atoms with Crippen molar-refractivity contribution in [1.82, 2.24) is 19.4 Å². The van der Waals surface area contributed by atoms with Gasteiger partial charge in [0.15, 0.2) is 11.4 Å². The van der Waals surface area contributed by atoms with Crippen LogP contribution in [0.2, 0.25) is 0 Å². The van der Waals surface area contributed by atoms with Crippen molar-refractivity contribution >= 4 is 32.9 Å². The maximum atomic E-state index is 12.2. The van der Waals surface area contributed by atoms with Gasteiger partial charge in [-0.15, -0.1) is 0 Å². The van der Waals surface area contributed by atoms with Gasteiger partial charge in [-0.1, -0.05) is 30.8 Å². The van der Waals surface area contributed by atoms with Crippen LogP contribution in [0, 0.1) is 0 Å². The fraction of sp³-hybridized carbons (Fsp3) is 0.400. The van der Waals surface area contributed by atoms with E-state index >= 15 is 0 Å². The lowest BCUT2D eigenvalue weighted by Gasteiger charge is -2.10. The van der Waals surface area contributed by atoms with Crippen LogP contribution in [0.4, 0.5) is 0 Å². The minimum Gasteiger partial charge on any atom is -0.431 e. The van der Waals surface area contributed by atoms with Crippen molar-refractivity contribution in [2.75, 3.05) is 14.1 Å². The first-order chi connectivity index (χ1) is 11.8. The van der Waals surface area contributed by atoms with Gasteiger partial charge in [0.1, 0.15) is 5.52 Å². The van der Waals surface area contributed by atoms with E-state index in [4.69, 9.17) is 8.94 Å². The van der Waals surface area contributed by atoms with E-state index in [1.807, 2.05) is 13.8 Å². The molecule has 0 atom stereocenters. The molecule has 2 heterocycles. The van der Waals surface area contributed by atoms with Gasteiger partial charge >= 0.3 is 0 Å². The second-order valence-electron chi connectivity index (χ2n) is 5.89. The Morgan fingerprint density at radius 1 is 1.24 bits per heavy atom. The van der Waals surface area contributed by atoms with E-state index in [0.717, 1.165) is 4.31 Å². The summed E-state index contributed by atoms with van der Waals surface area (Å²) in [7, 11) is -0.535. The summed E-state index contributed by atoms with van der Waals surface area (Å²) in [5.74, 6) is 1.78. The second-order valence-corrected chi connectivity index (χ2v) is 8.97. The van der Waals surface area contributed by atoms with Crippen LogP contribution >= 0.6 is 11.8 Å². The molecule has 2 aromatic heterocycles. The molecule has 0 aliphatic carbocycles. The third-order valence-corrected chi connectivity index (χ3v) is 6.06. The van der Waals surface area contributed by atoms with Crippen molar-refractivity contribution in [1.29, 1.82) is 0 Å². The lowest BCUT2D eigenvalue weighted by Crippen LogP contribution is -2.22. The van der Waals surface area contributed by atoms with Gasteiger partial charge in [-0.3, -0.25) is 0 Å². The Morgan fingerprint density at radius 3 is 2.64 bits per heavy atom. The van der Waals surface area contributed by atoms with Gasteiger partial charge < -0.3 is 8.94 Å². The standard InChI is InChI=1S/C15H18N4O4S2/c1-9(2)14-17-13(18-23-14)8-24-15-16-11-7-10(5-6-12(11)22-15)25(20,21)19(3)4/h5-7,9H,8H2,1-4H3. The van der Waals surface area contributed by atoms with E-state index in [0.29, 0.717) is 33.8 Å². The van der Waals surface area contributed by atoms with Crippen LogP contribution in [0.3, 0.4) is 0 Å². The molecule has 0 radical (unpaired) electrons. The van der Waals surface area contributed by atoms with Crippen molar-refractivity contribution < 1.29 is 17.4 Å². The van der Waals surface area contributed by atoms with Crippen molar-refractivity contribution in [2.24, 2.45) is 0 Å². The molecule has 3 aromatic rings. The largest absolute Gasteiger partial charge is 0.431 e. The highest BCUT2D eigenvalue weighted by atomic mass is 32.2. The highest BCUT2D eigenvalue weighted by Crippen LogP contribution is 2.28. The molecule has 3 rings (SSSR count). The fourth-order valence-electron chi connectivity index (χ4n) is 2.01. The normalized spacial score (nSPS) is 12.6. The van der Waals surface area contributed by atoms with E-state index in [1.54, 1.807) is 6.07 Å². The first-order valence-corrected chi connectivity index (χ1v) is 9.98. The van der Waals surface area contributed by atoms with Crippen molar-refractivity contribution in [3.05, 3.63) is 29.9 Å². The summed E-state index contributed by atoms with van der Waals surface area (Å²) in [5, 5.41) is 4.33. The molecule has 0 N–H and O–H groups in total. The number of hydrogen-bond donors (Lipinski definition) is 0. The quantitative estimate of drug-likeness (QED) is 0.600. The Morgan fingerprint density at radius 2 is 2.00 bits per heavy atom. The maximum absolute atomic E-state index is 12.2. The molecular formula is C15H18N4O4S2. The van der Waals surface area contributed by atoms with Gasteiger partial charge in [0.2, 0.25) is 15.9 Å². The van der Waals surface area contributed by atoms with E-state index in [9.17, 15) is 8.42 Å². The van der Waals surface area contributed by atoms with Crippen LogP contribution in [-0.4, -0.2) is 41.9 Å². The van der Waals surface area contributed by atoms with Crippen molar-refractivity contribution in [2.45, 2.75) is 35.6 Å². The van der Waals surface area contributed by atoms with Gasteiger partial charge in [0, 0.05) is 20.0 Å². The predicted octanol–water partition coefficient (Wildman–Crippen LogP) is 2.88. The summed E-state index contributed by atoms with van der Waals surface area (Å²) in [5.41, 5.74) is 1.01. The zero-order valence-corrected chi connectivity index (χ0v) is 15.9. The summed E-state index contributed by atoms with van der Waals surface area (Å²) in [4.78, 5) is 8.80. The average molecular weight is 382 g/mol. The lowest BCUT2D eigenvalue weighted by atomic mass is 10.2. The monoisotopic (exact) mass is 382 g/mol. The van der Waals surface area contributed by atoms with Crippen LogP contribution in [0.15, 0.2) is 37.3 Å². The molecule has 0 amide bonds. The smallest absolute Gasteiger partial charge is 0.257 e. The van der Waals surface area contributed by atoms with Crippen LogP contribution in [0.25, 0.3) is 11.1 Å². The number of hydrogen-bond acceptors (Lipinski definition) is 8. The molecule has 0 saturated carbocycles. The van der Waals surface area contributed by atoms with Gasteiger partial charge in [0.05, 0.1) is 10.6 Å². The molecule has 8 nitrogen and oxygen atoms in total. The molecule has 0 bridgehead atoms. The molecule has 0 saturated heterocycles. The van der Waals surface area contributed by atoms with Gasteiger partial charge in [0.25, 0.3) is 5.22 Å². The number of benzene rings is 1. The molecular weight excluding hydrogens is 364 g/mol. The second kappa shape index (κ2) is 6.77. The number of nitrogens with zero attached hydrogens (tertiary/aromatic N) is 4. The molecule has 0 aliphatic rings. The van der Waals surface area contributed by atoms with Crippen LogP contribution in [0.1, 0.15) is 31.5 Å². The molecule has 134 valence electrons. The number of oxazole rings is 1.